The van der Waals surface area contributed by atoms with Crippen molar-refractivity contribution in [2.24, 2.45) is 50.2 Å². The van der Waals surface area contributed by atoms with Crippen LogP contribution in [0.25, 0.3) is 0 Å². The summed E-state index contributed by atoms with van der Waals surface area (Å²) in [6.07, 6.45) is -3.67. The van der Waals surface area contributed by atoms with Crippen molar-refractivity contribution in [3.63, 3.8) is 0 Å². The van der Waals surface area contributed by atoms with E-state index in [4.69, 9.17) is 52.1 Å². The number of rotatable bonds is 13. The van der Waals surface area contributed by atoms with Gasteiger partial charge in [0.15, 0.2) is 36.7 Å². The summed E-state index contributed by atoms with van der Waals surface area (Å²) in [6.45, 7) is 21.7. The van der Waals surface area contributed by atoms with Crippen LogP contribution in [-0.4, -0.2) is 129 Å². The first kappa shape index (κ1) is 57.2. The summed E-state index contributed by atoms with van der Waals surface area (Å²) in [6, 6.07) is 0. The molecule has 0 amide bonds. The Balaban J connectivity index is 1.16. The second-order valence-corrected chi connectivity index (χ2v) is 24.2. The number of esters is 7. The predicted octanol–water partition coefficient (Wildman–Crippen LogP) is 6.60. The minimum atomic E-state index is -1.68. The van der Waals surface area contributed by atoms with Crippen LogP contribution in [-0.2, 0) is 90.5 Å². The van der Waals surface area contributed by atoms with Crippen molar-refractivity contribution in [2.45, 2.75) is 216 Å². The van der Waals surface area contributed by atoms with Gasteiger partial charge in [-0.2, -0.15) is 0 Å². The molecule has 0 bridgehead atoms. The topological polar surface area (TPSA) is 238 Å². The third-order valence-corrected chi connectivity index (χ3v) is 19.0. The zero-order valence-corrected chi connectivity index (χ0v) is 45.8. The molecule has 414 valence electrons. The van der Waals surface area contributed by atoms with Crippen LogP contribution in [0.3, 0.4) is 0 Å². The van der Waals surface area contributed by atoms with Crippen LogP contribution in [0.4, 0.5) is 0 Å². The normalized spacial score (nSPS) is 42.2. The summed E-state index contributed by atoms with van der Waals surface area (Å²) >= 11 is 0. The highest BCUT2D eigenvalue weighted by Crippen LogP contribution is 2.75. The number of allylic oxidation sites excluding steroid dienone is 2. The van der Waals surface area contributed by atoms with Crippen LogP contribution >= 0.6 is 0 Å². The SMILES string of the molecule is COC(=O)[C@@]1(C)CC[C@]2(C)CC[C@]3(C)C(=CC(=O)[C@@H]4[C@@]5(C)CC[C@H](O[C@@H]6C[C@@H](OC(C)=O)[C@H](O[C@@H]7O[C@H](COC(C)=O)[C@H](OC(C)=O)[C@H](OC(C)=O)[C@H]7OC(C)=O)[C@@H](COC(C)=O)O6)C(C)(C)[C@@H]5CC[C@]43C)[C@@H]2C1. The number of ketones is 1. The molecule has 7 aliphatic rings. The Kier molecular flexibility index (Phi) is 16.4. The van der Waals surface area contributed by atoms with Gasteiger partial charge in [-0.3, -0.25) is 38.4 Å². The van der Waals surface area contributed by atoms with Crippen LogP contribution < -0.4 is 0 Å². The molecule has 7 rings (SSSR count). The zero-order chi connectivity index (χ0) is 54.7. The maximum atomic E-state index is 15.1. The van der Waals surface area contributed by atoms with E-state index in [2.05, 4.69) is 41.5 Å². The Morgan fingerprint density at radius 2 is 1.19 bits per heavy atom. The highest BCUT2D eigenvalue weighted by molar-refractivity contribution is 5.95. The second-order valence-electron chi connectivity index (χ2n) is 24.2. The van der Waals surface area contributed by atoms with Gasteiger partial charge in [0.05, 0.1) is 18.6 Å². The van der Waals surface area contributed by atoms with Crippen molar-refractivity contribution in [3.8, 4) is 0 Å². The molecule has 19 heteroatoms. The van der Waals surface area contributed by atoms with E-state index < -0.39 is 127 Å². The van der Waals surface area contributed by atoms with Crippen molar-refractivity contribution in [1.82, 2.24) is 0 Å². The van der Waals surface area contributed by atoms with Crippen molar-refractivity contribution >= 4 is 47.6 Å². The Bertz CT molecular complexity index is 2260. The van der Waals surface area contributed by atoms with Crippen molar-refractivity contribution in [1.29, 1.82) is 0 Å². The maximum absolute atomic E-state index is 15.1. The third kappa shape index (κ3) is 10.7. The number of hydrogen-bond donors (Lipinski definition) is 0. The molecule has 0 aromatic heterocycles. The molecule has 2 heterocycles. The zero-order valence-electron chi connectivity index (χ0n) is 45.8. The number of fused-ring (bicyclic) bond motifs is 7. The molecular weight excluding hydrogens is 965 g/mol. The lowest BCUT2D eigenvalue weighted by molar-refractivity contribution is -0.352. The molecule has 0 aromatic carbocycles. The van der Waals surface area contributed by atoms with Gasteiger partial charge in [0.25, 0.3) is 0 Å². The number of methoxy groups -OCH3 is 1. The molecular formula is C55H80O19. The molecule has 2 saturated heterocycles. The monoisotopic (exact) mass is 1040 g/mol. The molecule has 74 heavy (non-hydrogen) atoms. The van der Waals surface area contributed by atoms with Gasteiger partial charge in [0.1, 0.15) is 37.6 Å². The minimum Gasteiger partial charge on any atom is -0.469 e. The van der Waals surface area contributed by atoms with Gasteiger partial charge in [-0.15, -0.1) is 0 Å². The highest BCUT2D eigenvalue weighted by atomic mass is 16.8. The molecule has 0 unspecified atom stereocenters. The fraction of sp³-hybridized carbons (Fsp3) is 0.818. The summed E-state index contributed by atoms with van der Waals surface area (Å²) in [5.74, 6) is -4.73. The molecule has 0 spiro atoms. The quantitative estimate of drug-likeness (QED) is 0.107. The van der Waals surface area contributed by atoms with Gasteiger partial charge >= 0.3 is 41.8 Å². The summed E-state index contributed by atoms with van der Waals surface area (Å²) in [5, 5.41) is 0. The fourth-order valence-electron chi connectivity index (χ4n) is 15.3. The summed E-state index contributed by atoms with van der Waals surface area (Å²) in [5.41, 5.74) is -0.951. The van der Waals surface area contributed by atoms with Crippen LogP contribution in [0, 0.1) is 50.2 Å². The number of ether oxygens (including phenoxy) is 11. The van der Waals surface area contributed by atoms with Crippen LogP contribution in [0.15, 0.2) is 11.6 Å². The maximum Gasteiger partial charge on any atom is 0.311 e. The molecule has 19 nitrogen and oxygen atoms in total. The molecule has 18 atom stereocenters. The average Bonchev–Trinajstić information content (AvgIpc) is 3.29. The van der Waals surface area contributed by atoms with E-state index in [1.165, 1.54) is 26.5 Å². The van der Waals surface area contributed by atoms with E-state index in [-0.39, 0.29) is 52.2 Å². The van der Waals surface area contributed by atoms with Crippen LogP contribution in [0.2, 0.25) is 0 Å². The second kappa shape index (κ2) is 21.2. The van der Waals surface area contributed by atoms with Gasteiger partial charge in [-0.1, -0.05) is 47.1 Å². The van der Waals surface area contributed by atoms with Crippen LogP contribution in [0.1, 0.15) is 154 Å². The lowest BCUT2D eigenvalue weighted by Crippen LogP contribution is -2.67. The van der Waals surface area contributed by atoms with Gasteiger partial charge in [-0.05, 0) is 110 Å². The predicted molar refractivity (Wildman–Crippen MR) is 259 cm³/mol. The minimum absolute atomic E-state index is 0.0183. The van der Waals surface area contributed by atoms with Crippen molar-refractivity contribution < 1.29 is 90.5 Å². The summed E-state index contributed by atoms with van der Waals surface area (Å²) < 4.78 is 65.2. The van der Waals surface area contributed by atoms with Gasteiger partial charge in [0, 0.05) is 53.9 Å². The lowest BCUT2D eigenvalue weighted by atomic mass is 9.33. The molecule has 0 aromatic rings. The van der Waals surface area contributed by atoms with Gasteiger partial charge in [0.2, 0.25) is 0 Å². The molecule has 5 aliphatic carbocycles. The Labute approximate surface area is 434 Å². The van der Waals surface area contributed by atoms with Crippen molar-refractivity contribution in [3.05, 3.63) is 11.6 Å². The Hall–Kier alpha value is -4.46. The standard InChI is InChI=1S/C55H80O19/c1-28(56)65-26-38-43(74-48-46(70-33(6)61)45(69-32(5)60)44(68-31(4)59)39(72-48)27-66-29(2)57)37(67-30(3)58)24-42(71-38)73-41-16-17-53(11)40(50(41,7)8)15-18-55(13)47(53)36(62)23-34-35-25-52(10,49(63)64-14)20-19-51(35,9)21-22-54(34,55)12/h23,35,37-48H,15-22,24-27H2,1-14H3/t35-,37+,38+,39+,40-,41-,42+,43-,44-,45-,46+,47+,48-,51+,52-,53-,54+,55+/m0/s1. The largest absolute Gasteiger partial charge is 0.469 e. The molecule has 6 fully saturated rings. The first-order chi connectivity index (χ1) is 34.4. The summed E-state index contributed by atoms with van der Waals surface area (Å²) in [7, 11) is 1.46. The molecule has 2 aliphatic heterocycles. The summed E-state index contributed by atoms with van der Waals surface area (Å²) in [4.78, 5) is 103. The van der Waals surface area contributed by atoms with Gasteiger partial charge in [-0.25, -0.2) is 0 Å². The van der Waals surface area contributed by atoms with E-state index in [1.807, 2.05) is 13.0 Å². The number of carbonyl (C=O) groups is 8. The Morgan fingerprint density at radius 1 is 0.622 bits per heavy atom. The Morgan fingerprint density at radius 3 is 1.77 bits per heavy atom. The highest BCUT2D eigenvalue weighted by Gasteiger charge is 2.71. The fourth-order valence-corrected chi connectivity index (χ4v) is 15.3. The van der Waals surface area contributed by atoms with E-state index in [1.54, 1.807) is 0 Å². The first-order valence-electron chi connectivity index (χ1n) is 26.3. The van der Waals surface area contributed by atoms with E-state index >= 15 is 4.79 Å². The van der Waals surface area contributed by atoms with Crippen molar-refractivity contribution in [2.75, 3.05) is 20.3 Å². The van der Waals surface area contributed by atoms with Crippen LogP contribution in [0.5, 0.6) is 0 Å². The van der Waals surface area contributed by atoms with Gasteiger partial charge < -0.3 is 52.1 Å². The molecule has 4 saturated carbocycles. The first-order valence-corrected chi connectivity index (χ1v) is 26.3. The lowest BCUT2D eigenvalue weighted by Gasteiger charge is -2.70. The molecule has 0 N–H and O–H groups in total. The van der Waals surface area contributed by atoms with E-state index in [9.17, 15) is 33.6 Å². The van der Waals surface area contributed by atoms with E-state index in [0.717, 1.165) is 66.2 Å². The molecule has 0 radical (unpaired) electrons. The average molecular weight is 1050 g/mol. The third-order valence-electron chi connectivity index (χ3n) is 19.0. The number of carbonyl (C=O) groups excluding carboxylic acids is 8. The smallest absolute Gasteiger partial charge is 0.311 e. The number of hydrogen-bond acceptors (Lipinski definition) is 19. The van der Waals surface area contributed by atoms with E-state index in [0.29, 0.717) is 19.3 Å².